The number of benzene rings is 2. The van der Waals surface area contributed by atoms with Crippen LogP contribution in [0.3, 0.4) is 0 Å². The highest BCUT2D eigenvalue weighted by atomic mass is 32.2. The normalized spacial score (nSPS) is 11.2. The van der Waals surface area contributed by atoms with Gasteiger partial charge in [0.15, 0.2) is 5.75 Å². The number of rotatable bonds is 8. The summed E-state index contributed by atoms with van der Waals surface area (Å²) in [6.45, 7) is 1.71. The number of imidazole rings is 1. The Hall–Kier alpha value is -3.33. The van der Waals surface area contributed by atoms with Crippen LogP contribution < -0.4 is 9.47 Å². The summed E-state index contributed by atoms with van der Waals surface area (Å²) in [6.07, 6.45) is 0. The number of aromatic nitrogens is 2. The molecule has 9 heteroatoms. The van der Waals surface area contributed by atoms with Gasteiger partial charge >= 0.3 is 5.97 Å². The maximum Gasteiger partial charge on any atom is 0.321 e. The fourth-order valence-electron chi connectivity index (χ4n) is 2.85. The zero-order chi connectivity index (χ0) is 21.7. The van der Waals surface area contributed by atoms with Gasteiger partial charge in [-0.15, -0.1) is 0 Å². The van der Waals surface area contributed by atoms with Gasteiger partial charge in [0.25, 0.3) is 0 Å². The third kappa shape index (κ3) is 4.62. The number of methoxy groups -OCH3 is 2. The van der Waals surface area contributed by atoms with Gasteiger partial charge in [0.1, 0.15) is 11.5 Å². The molecule has 0 spiro atoms. The van der Waals surface area contributed by atoms with Gasteiger partial charge in [-0.2, -0.15) is 0 Å². The van der Waals surface area contributed by atoms with E-state index in [1.807, 2.05) is 0 Å². The first-order valence-electron chi connectivity index (χ1n) is 9.15. The molecule has 2 aromatic carbocycles. The minimum absolute atomic E-state index is 0.0979. The van der Waals surface area contributed by atoms with Crippen LogP contribution in [0.25, 0.3) is 22.5 Å². The van der Waals surface area contributed by atoms with Crippen molar-refractivity contribution < 1.29 is 27.4 Å². The molecular weight excluding hydrogens is 408 g/mol. The Balaban J connectivity index is 2.09. The molecule has 1 heterocycles. The average Bonchev–Trinajstić information content (AvgIpc) is 3.20. The van der Waals surface area contributed by atoms with Gasteiger partial charge in [-0.05, 0) is 55.5 Å². The molecule has 0 aliphatic rings. The van der Waals surface area contributed by atoms with Crippen LogP contribution in [0, 0.1) is 0 Å². The third-order valence-corrected chi connectivity index (χ3v) is 5.73. The van der Waals surface area contributed by atoms with E-state index in [1.165, 1.54) is 0 Å². The number of carbonyl (C=O) groups is 1. The predicted molar refractivity (Wildman–Crippen MR) is 111 cm³/mol. The Morgan fingerprint density at radius 2 is 1.47 bits per heavy atom. The van der Waals surface area contributed by atoms with E-state index in [2.05, 4.69) is 9.97 Å². The summed E-state index contributed by atoms with van der Waals surface area (Å²) in [5.74, 6) is -0.292. The standard InChI is InChI=1S/C21H22N2O6S/c1-4-29-18(24)13-30(25,26)21-22-19(14-5-9-16(27-2)10-6-14)20(23-21)15-7-11-17(28-3)12-8-15/h5-12H,4,13H2,1-3H3,(H,22,23). The van der Waals surface area contributed by atoms with E-state index in [9.17, 15) is 13.2 Å². The number of carbonyl (C=O) groups excluding carboxylic acids is 1. The summed E-state index contributed by atoms with van der Waals surface area (Å²) in [5.41, 5.74) is 2.35. The molecule has 3 aromatic rings. The molecular formula is C21H22N2O6S. The van der Waals surface area contributed by atoms with E-state index in [0.717, 1.165) is 0 Å². The summed E-state index contributed by atoms with van der Waals surface area (Å²) in [4.78, 5) is 18.9. The van der Waals surface area contributed by atoms with Crippen molar-refractivity contribution in [1.82, 2.24) is 9.97 Å². The number of hydrogen-bond acceptors (Lipinski definition) is 7. The molecule has 0 atom stereocenters. The van der Waals surface area contributed by atoms with Gasteiger partial charge in [-0.1, -0.05) is 0 Å². The topological polar surface area (TPSA) is 108 Å². The highest BCUT2D eigenvalue weighted by Gasteiger charge is 2.26. The van der Waals surface area contributed by atoms with E-state index >= 15 is 0 Å². The number of hydrogen-bond donors (Lipinski definition) is 1. The highest BCUT2D eigenvalue weighted by Crippen LogP contribution is 2.33. The van der Waals surface area contributed by atoms with Crippen LogP contribution in [0.2, 0.25) is 0 Å². The number of esters is 1. The fraction of sp³-hybridized carbons (Fsp3) is 0.238. The minimum Gasteiger partial charge on any atom is -0.497 e. The van der Waals surface area contributed by atoms with E-state index in [-0.39, 0.29) is 11.8 Å². The molecule has 0 amide bonds. The maximum atomic E-state index is 12.7. The van der Waals surface area contributed by atoms with Crippen LogP contribution in [0.5, 0.6) is 11.5 Å². The first-order valence-corrected chi connectivity index (χ1v) is 10.8. The first kappa shape index (κ1) is 21.4. The molecule has 1 N–H and O–H groups in total. The molecule has 0 saturated heterocycles. The molecule has 0 fully saturated rings. The third-order valence-electron chi connectivity index (χ3n) is 4.33. The van der Waals surface area contributed by atoms with Crippen molar-refractivity contribution in [1.29, 1.82) is 0 Å². The van der Waals surface area contributed by atoms with E-state index in [4.69, 9.17) is 14.2 Å². The lowest BCUT2D eigenvalue weighted by Crippen LogP contribution is -2.19. The Kier molecular flexibility index (Phi) is 6.41. The molecule has 3 rings (SSSR count). The van der Waals surface area contributed by atoms with Gasteiger partial charge in [0, 0.05) is 11.1 Å². The van der Waals surface area contributed by atoms with E-state index < -0.39 is 21.6 Å². The molecule has 0 bridgehead atoms. The fourth-order valence-corrected chi connectivity index (χ4v) is 3.87. The van der Waals surface area contributed by atoms with Gasteiger partial charge in [-0.25, -0.2) is 13.4 Å². The lowest BCUT2D eigenvalue weighted by atomic mass is 10.0. The molecule has 0 aliphatic heterocycles. The van der Waals surface area contributed by atoms with Gasteiger partial charge in [-0.3, -0.25) is 4.79 Å². The molecule has 0 radical (unpaired) electrons. The van der Waals surface area contributed by atoms with E-state index in [0.29, 0.717) is 34.0 Å². The monoisotopic (exact) mass is 430 g/mol. The van der Waals surface area contributed by atoms with Crippen LogP contribution in [0.1, 0.15) is 6.92 Å². The van der Waals surface area contributed by atoms with Crippen molar-refractivity contribution in [3.63, 3.8) is 0 Å². The molecule has 8 nitrogen and oxygen atoms in total. The Bertz CT molecular complexity index is 1050. The van der Waals surface area contributed by atoms with Crippen molar-refractivity contribution in [2.75, 3.05) is 26.6 Å². The molecule has 30 heavy (non-hydrogen) atoms. The van der Waals surface area contributed by atoms with Crippen molar-refractivity contribution in [3.8, 4) is 34.0 Å². The number of nitrogens with one attached hydrogen (secondary N) is 1. The molecule has 0 unspecified atom stereocenters. The summed E-state index contributed by atoms with van der Waals surface area (Å²) in [5, 5.41) is -0.299. The van der Waals surface area contributed by atoms with Crippen LogP contribution in [-0.4, -0.2) is 50.9 Å². The van der Waals surface area contributed by atoms with Crippen molar-refractivity contribution in [2.45, 2.75) is 12.1 Å². The zero-order valence-corrected chi connectivity index (χ0v) is 17.7. The summed E-state index contributed by atoms with van der Waals surface area (Å²) in [7, 11) is -0.890. The van der Waals surface area contributed by atoms with Gasteiger partial charge in [0.2, 0.25) is 15.0 Å². The van der Waals surface area contributed by atoms with Crippen molar-refractivity contribution >= 4 is 15.8 Å². The van der Waals surface area contributed by atoms with Gasteiger partial charge in [0.05, 0.1) is 32.2 Å². The number of ether oxygens (including phenoxy) is 3. The second-order valence-electron chi connectivity index (χ2n) is 6.29. The highest BCUT2D eigenvalue weighted by molar-refractivity contribution is 7.91. The second kappa shape index (κ2) is 9.00. The predicted octanol–water partition coefficient (Wildman–Crippen LogP) is 3.10. The number of sulfone groups is 1. The van der Waals surface area contributed by atoms with Crippen molar-refractivity contribution in [2.24, 2.45) is 0 Å². The Morgan fingerprint density at radius 3 is 1.97 bits per heavy atom. The summed E-state index contributed by atoms with van der Waals surface area (Å²) >= 11 is 0. The number of H-pyrrole nitrogens is 1. The maximum absolute atomic E-state index is 12.7. The van der Waals surface area contributed by atoms with Crippen LogP contribution in [0.15, 0.2) is 53.7 Å². The van der Waals surface area contributed by atoms with Crippen molar-refractivity contribution in [3.05, 3.63) is 48.5 Å². The average molecular weight is 430 g/mol. The lowest BCUT2D eigenvalue weighted by Gasteiger charge is -2.06. The second-order valence-corrected chi connectivity index (χ2v) is 8.19. The quantitative estimate of drug-likeness (QED) is 0.547. The molecule has 0 aliphatic carbocycles. The minimum atomic E-state index is -4.02. The number of aromatic amines is 1. The lowest BCUT2D eigenvalue weighted by molar-refractivity contribution is -0.139. The van der Waals surface area contributed by atoms with Gasteiger partial charge < -0.3 is 19.2 Å². The summed E-state index contributed by atoms with van der Waals surface area (Å²) < 4.78 is 40.6. The van der Waals surface area contributed by atoms with Crippen LogP contribution in [0.4, 0.5) is 0 Å². The smallest absolute Gasteiger partial charge is 0.321 e. The Labute approximate surface area is 174 Å². The molecule has 1 aromatic heterocycles. The van der Waals surface area contributed by atoms with E-state index in [1.54, 1.807) is 69.7 Å². The number of nitrogens with zero attached hydrogens (tertiary/aromatic N) is 1. The largest absolute Gasteiger partial charge is 0.497 e. The summed E-state index contributed by atoms with van der Waals surface area (Å²) in [6, 6.07) is 14.2. The van der Waals surface area contributed by atoms with Crippen LogP contribution in [-0.2, 0) is 19.4 Å². The zero-order valence-electron chi connectivity index (χ0n) is 16.8. The molecule has 0 saturated carbocycles. The SMILES string of the molecule is CCOC(=O)CS(=O)(=O)c1nc(-c2ccc(OC)cc2)c(-c2ccc(OC)cc2)[nH]1. The molecule has 158 valence electrons. The first-order chi connectivity index (χ1) is 14.4. The van der Waals surface area contributed by atoms with Crippen LogP contribution >= 0.6 is 0 Å². The Morgan fingerprint density at radius 1 is 0.933 bits per heavy atom.